The van der Waals surface area contributed by atoms with Gasteiger partial charge in [-0.25, -0.2) is 8.42 Å². The van der Waals surface area contributed by atoms with Crippen LogP contribution in [0.15, 0.2) is 53.4 Å². The molecule has 148 valence electrons. The zero-order valence-electron chi connectivity index (χ0n) is 15.9. The van der Waals surface area contributed by atoms with E-state index in [-0.39, 0.29) is 30.0 Å². The van der Waals surface area contributed by atoms with Crippen molar-refractivity contribution in [1.29, 1.82) is 0 Å². The molecule has 0 bridgehead atoms. The van der Waals surface area contributed by atoms with Crippen molar-refractivity contribution in [3.05, 3.63) is 59.7 Å². The summed E-state index contributed by atoms with van der Waals surface area (Å²) < 4.78 is 33.7. The minimum atomic E-state index is -3.67. The lowest BCUT2D eigenvalue weighted by Gasteiger charge is -2.25. The van der Waals surface area contributed by atoms with Crippen LogP contribution < -0.4 is 4.74 Å². The summed E-state index contributed by atoms with van der Waals surface area (Å²) in [5, 5.41) is 0. The van der Waals surface area contributed by atoms with Crippen LogP contribution in [0.25, 0.3) is 0 Å². The van der Waals surface area contributed by atoms with E-state index in [9.17, 15) is 13.2 Å². The first kappa shape index (κ1) is 19.0. The summed E-state index contributed by atoms with van der Waals surface area (Å²) in [6, 6.07) is 13.4. The minimum Gasteiger partial charge on any atom is -0.492 e. The number of benzene rings is 2. The molecular formula is C21H24N2O4S. The second-order valence-corrected chi connectivity index (χ2v) is 9.24. The second-order valence-electron chi connectivity index (χ2n) is 7.35. The van der Waals surface area contributed by atoms with Crippen molar-refractivity contribution < 1.29 is 17.9 Å². The molecule has 0 aliphatic carbocycles. The molecule has 0 aromatic heterocycles. The number of likely N-dealkylation sites (tertiary alicyclic amines) is 1. The van der Waals surface area contributed by atoms with Gasteiger partial charge in [0.15, 0.2) is 0 Å². The van der Waals surface area contributed by atoms with Gasteiger partial charge in [0.2, 0.25) is 10.0 Å². The molecule has 0 saturated carbocycles. The van der Waals surface area contributed by atoms with Crippen molar-refractivity contribution in [3.63, 3.8) is 0 Å². The van der Waals surface area contributed by atoms with Crippen molar-refractivity contribution in [2.24, 2.45) is 0 Å². The van der Waals surface area contributed by atoms with Gasteiger partial charge >= 0.3 is 0 Å². The van der Waals surface area contributed by atoms with Crippen molar-refractivity contribution >= 4 is 15.9 Å². The zero-order chi connectivity index (χ0) is 19.7. The molecule has 0 unspecified atom stereocenters. The fourth-order valence-corrected chi connectivity index (χ4v) is 5.36. The number of hydrogen-bond acceptors (Lipinski definition) is 4. The molecule has 0 spiro atoms. The SMILES string of the molecule is C[C@H]1COc2ccc(C(=O)N3CCCC3)cc2CN1S(=O)(=O)c1ccccc1. The van der Waals surface area contributed by atoms with E-state index in [1.54, 1.807) is 48.5 Å². The van der Waals surface area contributed by atoms with E-state index in [1.165, 1.54) is 4.31 Å². The van der Waals surface area contributed by atoms with Crippen molar-refractivity contribution in [1.82, 2.24) is 9.21 Å². The van der Waals surface area contributed by atoms with Gasteiger partial charge in [-0.15, -0.1) is 0 Å². The van der Waals surface area contributed by atoms with Gasteiger partial charge in [-0.3, -0.25) is 4.79 Å². The van der Waals surface area contributed by atoms with Gasteiger partial charge in [0.1, 0.15) is 12.4 Å². The Balaban J connectivity index is 1.67. The van der Waals surface area contributed by atoms with Gasteiger partial charge in [-0.05, 0) is 50.1 Å². The van der Waals surface area contributed by atoms with Gasteiger partial charge < -0.3 is 9.64 Å². The normalized spacial score (nSPS) is 20.3. The third-order valence-electron chi connectivity index (χ3n) is 5.35. The maximum absolute atomic E-state index is 13.2. The molecule has 6 nitrogen and oxygen atoms in total. The Labute approximate surface area is 165 Å². The predicted octanol–water partition coefficient (Wildman–Crippen LogP) is 2.89. The van der Waals surface area contributed by atoms with Crippen LogP contribution in [0.4, 0.5) is 0 Å². The van der Waals surface area contributed by atoms with Crippen molar-refractivity contribution in [2.45, 2.75) is 37.2 Å². The van der Waals surface area contributed by atoms with Gasteiger partial charge in [-0.2, -0.15) is 4.31 Å². The summed E-state index contributed by atoms with van der Waals surface area (Å²) >= 11 is 0. The molecule has 0 radical (unpaired) electrons. The molecule has 1 saturated heterocycles. The Kier molecular flexibility index (Phi) is 5.12. The van der Waals surface area contributed by atoms with E-state index in [0.717, 1.165) is 25.9 Å². The number of amides is 1. The summed E-state index contributed by atoms with van der Waals surface area (Å²) in [7, 11) is -3.67. The first-order chi connectivity index (χ1) is 13.5. The van der Waals surface area contributed by atoms with E-state index in [2.05, 4.69) is 0 Å². The number of carbonyl (C=O) groups excluding carboxylic acids is 1. The number of carbonyl (C=O) groups is 1. The second kappa shape index (κ2) is 7.56. The van der Waals surface area contributed by atoms with Crippen LogP contribution in [0.3, 0.4) is 0 Å². The summed E-state index contributed by atoms with van der Waals surface area (Å²) in [4.78, 5) is 14.8. The van der Waals surface area contributed by atoms with Crippen LogP contribution in [0.5, 0.6) is 5.75 Å². The monoisotopic (exact) mass is 400 g/mol. The number of nitrogens with zero attached hydrogens (tertiary/aromatic N) is 2. The molecule has 2 aromatic carbocycles. The van der Waals surface area contributed by atoms with Crippen LogP contribution in [0.2, 0.25) is 0 Å². The highest BCUT2D eigenvalue weighted by Crippen LogP contribution is 2.30. The zero-order valence-corrected chi connectivity index (χ0v) is 16.7. The van der Waals surface area contributed by atoms with Gasteiger partial charge in [0.05, 0.1) is 10.9 Å². The van der Waals surface area contributed by atoms with Gasteiger partial charge in [0.25, 0.3) is 5.91 Å². The van der Waals surface area contributed by atoms with E-state index < -0.39 is 10.0 Å². The Morgan fingerprint density at radius 1 is 1.07 bits per heavy atom. The fourth-order valence-electron chi connectivity index (χ4n) is 3.75. The Morgan fingerprint density at radius 3 is 2.50 bits per heavy atom. The lowest BCUT2D eigenvalue weighted by atomic mass is 10.1. The fraction of sp³-hybridized carbons (Fsp3) is 0.381. The van der Waals surface area contributed by atoms with Crippen molar-refractivity contribution in [3.8, 4) is 5.75 Å². The maximum Gasteiger partial charge on any atom is 0.253 e. The molecule has 2 heterocycles. The average molecular weight is 400 g/mol. The highest BCUT2D eigenvalue weighted by molar-refractivity contribution is 7.89. The standard InChI is InChI=1S/C21H24N2O4S/c1-16-15-27-20-10-9-17(21(24)22-11-5-6-12-22)13-18(20)14-23(16)28(25,26)19-7-3-2-4-8-19/h2-4,7-10,13,16H,5-6,11-12,14-15H2,1H3/t16-/m0/s1. The molecule has 2 aliphatic rings. The highest BCUT2D eigenvalue weighted by atomic mass is 32.2. The number of hydrogen-bond donors (Lipinski definition) is 0. The van der Waals surface area contributed by atoms with Crippen LogP contribution in [0.1, 0.15) is 35.7 Å². The number of sulfonamides is 1. The van der Waals surface area contributed by atoms with Crippen molar-refractivity contribution in [2.75, 3.05) is 19.7 Å². The largest absolute Gasteiger partial charge is 0.492 e. The highest BCUT2D eigenvalue weighted by Gasteiger charge is 2.33. The molecule has 2 aliphatic heterocycles. The van der Waals surface area contributed by atoms with Crippen LogP contribution in [0, 0.1) is 0 Å². The minimum absolute atomic E-state index is 0.00457. The molecule has 2 aromatic rings. The van der Waals surface area contributed by atoms with E-state index >= 15 is 0 Å². The summed E-state index contributed by atoms with van der Waals surface area (Å²) in [6.45, 7) is 3.83. The van der Waals surface area contributed by atoms with Crippen LogP contribution in [-0.4, -0.2) is 49.3 Å². The third-order valence-corrected chi connectivity index (χ3v) is 7.32. The molecule has 7 heteroatoms. The Bertz CT molecular complexity index is 969. The molecule has 0 N–H and O–H groups in total. The van der Waals surface area contributed by atoms with Crippen LogP contribution >= 0.6 is 0 Å². The topological polar surface area (TPSA) is 66.9 Å². The summed E-state index contributed by atoms with van der Waals surface area (Å²) in [5.41, 5.74) is 1.30. The lowest BCUT2D eigenvalue weighted by Crippen LogP contribution is -2.39. The van der Waals surface area contributed by atoms with Crippen LogP contribution in [-0.2, 0) is 16.6 Å². The molecule has 1 atom stereocenters. The van der Waals surface area contributed by atoms with E-state index in [0.29, 0.717) is 16.9 Å². The molecular weight excluding hydrogens is 376 g/mol. The first-order valence-electron chi connectivity index (χ1n) is 9.59. The molecule has 28 heavy (non-hydrogen) atoms. The van der Waals surface area contributed by atoms with Gasteiger partial charge in [0, 0.05) is 30.8 Å². The molecule has 4 rings (SSSR count). The number of rotatable bonds is 3. The average Bonchev–Trinajstić information content (AvgIpc) is 3.19. The Morgan fingerprint density at radius 2 is 1.79 bits per heavy atom. The number of fused-ring (bicyclic) bond motifs is 1. The summed E-state index contributed by atoms with van der Waals surface area (Å²) in [5.74, 6) is 0.630. The Hall–Kier alpha value is -2.38. The smallest absolute Gasteiger partial charge is 0.253 e. The molecule has 1 amide bonds. The third kappa shape index (κ3) is 3.52. The maximum atomic E-state index is 13.2. The van der Waals surface area contributed by atoms with Gasteiger partial charge in [-0.1, -0.05) is 18.2 Å². The lowest BCUT2D eigenvalue weighted by molar-refractivity contribution is 0.0792. The first-order valence-corrected chi connectivity index (χ1v) is 11.0. The quantitative estimate of drug-likeness (QED) is 0.795. The van der Waals surface area contributed by atoms with E-state index in [1.807, 2.05) is 11.8 Å². The number of ether oxygens (including phenoxy) is 1. The summed E-state index contributed by atoms with van der Waals surface area (Å²) in [6.07, 6.45) is 2.06. The predicted molar refractivity (Wildman–Crippen MR) is 106 cm³/mol. The van der Waals surface area contributed by atoms with E-state index in [4.69, 9.17) is 4.74 Å². The molecule has 1 fully saturated rings.